The van der Waals surface area contributed by atoms with Gasteiger partial charge in [-0.15, -0.1) is 0 Å². The van der Waals surface area contributed by atoms with Gasteiger partial charge in [0, 0.05) is 0 Å². The molecule has 0 fully saturated rings. The molecule has 0 bridgehead atoms. The summed E-state index contributed by atoms with van der Waals surface area (Å²) in [4.78, 5) is 0. The Morgan fingerprint density at radius 2 is 1.89 bits per heavy atom. The molecule has 18 heavy (non-hydrogen) atoms. The molecule has 0 spiro atoms. The van der Waals surface area contributed by atoms with Crippen LogP contribution in [-0.2, 0) is 6.42 Å². The van der Waals surface area contributed by atoms with Gasteiger partial charge in [-0.25, -0.2) is 4.39 Å². The Bertz CT molecular complexity index is 407. The van der Waals surface area contributed by atoms with Crippen LogP contribution in [0.4, 0.5) is 4.39 Å². The van der Waals surface area contributed by atoms with Gasteiger partial charge >= 0.3 is 0 Å². The average molecular weight is 253 g/mol. The molecule has 0 aromatic heterocycles. The van der Waals surface area contributed by atoms with Crippen molar-refractivity contribution in [3.8, 4) is 11.5 Å². The predicted octanol–water partition coefficient (Wildman–Crippen LogP) is 2.77. The summed E-state index contributed by atoms with van der Waals surface area (Å²) >= 11 is 0. The Hall–Kier alpha value is -1.29. The Morgan fingerprint density at radius 1 is 1.22 bits per heavy atom. The maximum atomic E-state index is 13.7. The summed E-state index contributed by atoms with van der Waals surface area (Å²) in [5, 5.41) is 0. The fraction of sp³-hybridized carbons (Fsp3) is 0.571. The van der Waals surface area contributed by atoms with E-state index in [4.69, 9.17) is 15.2 Å². The third kappa shape index (κ3) is 2.93. The molecule has 0 saturated heterocycles. The van der Waals surface area contributed by atoms with Crippen molar-refractivity contribution >= 4 is 0 Å². The molecule has 1 atom stereocenters. The lowest BCUT2D eigenvalue weighted by Crippen LogP contribution is -2.16. The van der Waals surface area contributed by atoms with E-state index in [0.717, 1.165) is 30.6 Å². The van der Waals surface area contributed by atoms with Gasteiger partial charge in [-0.1, -0.05) is 0 Å². The monoisotopic (exact) mass is 253 g/mol. The second kappa shape index (κ2) is 6.05. The van der Waals surface area contributed by atoms with Crippen molar-refractivity contribution in [3.05, 3.63) is 23.3 Å². The zero-order valence-corrected chi connectivity index (χ0v) is 10.7. The van der Waals surface area contributed by atoms with E-state index in [1.165, 1.54) is 0 Å². The van der Waals surface area contributed by atoms with Crippen LogP contribution in [0.25, 0.3) is 0 Å². The van der Waals surface area contributed by atoms with Crippen molar-refractivity contribution in [1.82, 2.24) is 0 Å². The molecular weight excluding hydrogens is 233 g/mol. The highest BCUT2D eigenvalue weighted by Gasteiger charge is 2.18. The van der Waals surface area contributed by atoms with Crippen LogP contribution in [0.3, 0.4) is 0 Å². The van der Waals surface area contributed by atoms with Gasteiger partial charge in [0.2, 0.25) is 0 Å². The van der Waals surface area contributed by atoms with Gasteiger partial charge in [0.1, 0.15) is 19.4 Å². The zero-order chi connectivity index (χ0) is 13.0. The van der Waals surface area contributed by atoms with Crippen molar-refractivity contribution in [2.24, 2.45) is 5.73 Å². The summed E-state index contributed by atoms with van der Waals surface area (Å²) in [6.07, 6.45) is 1.76. The van der Waals surface area contributed by atoms with Crippen LogP contribution in [0.5, 0.6) is 11.5 Å². The lowest BCUT2D eigenvalue weighted by Gasteiger charge is -2.21. The van der Waals surface area contributed by atoms with Crippen molar-refractivity contribution in [1.29, 1.82) is 0 Å². The lowest BCUT2D eigenvalue weighted by atomic mass is 9.98. The molecule has 0 amide bonds. The second-order valence-electron chi connectivity index (χ2n) is 4.56. The third-order valence-corrected chi connectivity index (χ3v) is 3.13. The summed E-state index contributed by atoms with van der Waals surface area (Å²) in [5.41, 5.74) is 7.19. The molecule has 2 N–H and O–H groups in total. The average Bonchev–Trinajstić information content (AvgIpc) is 2.38. The van der Waals surface area contributed by atoms with Crippen molar-refractivity contribution in [2.75, 3.05) is 19.8 Å². The highest BCUT2D eigenvalue weighted by Crippen LogP contribution is 2.36. The first-order chi connectivity index (χ1) is 8.72. The number of fused-ring (bicyclic) bond motifs is 1. The topological polar surface area (TPSA) is 44.5 Å². The van der Waals surface area contributed by atoms with Gasteiger partial charge in [0.05, 0.1) is 0 Å². The van der Waals surface area contributed by atoms with Crippen LogP contribution in [0.15, 0.2) is 12.1 Å². The fourth-order valence-corrected chi connectivity index (χ4v) is 2.19. The lowest BCUT2D eigenvalue weighted by molar-refractivity contribution is 0.170. The minimum Gasteiger partial charge on any atom is -0.486 e. The maximum absolute atomic E-state index is 13.7. The SMILES string of the molecule is CC(F)c1cc2c(cc1CCCCN)OCCO2. The number of nitrogens with two attached hydrogens (primary N) is 1. The number of halogens is 1. The van der Waals surface area contributed by atoms with E-state index in [2.05, 4.69) is 0 Å². The minimum atomic E-state index is -0.992. The van der Waals surface area contributed by atoms with E-state index < -0.39 is 6.17 Å². The number of benzene rings is 1. The normalized spacial score (nSPS) is 15.5. The van der Waals surface area contributed by atoms with E-state index in [9.17, 15) is 4.39 Å². The first-order valence-electron chi connectivity index (χ1n) is 6.49. The van der Waals surface area contributed by atoms with Crippen LogP contribution in [0.1, 0.15) is 37.1 Å². The van der Waals surface area contributed by atoms with E-state index in [-0.39, 0.29) is 0 Å². The first kappa shape index (κ1) is 13.1. The van der Waals surface area contributed by atoms with E-state index in [1.807, 2.05) is 6.07 Å². The van der Waals surface area contributed by atoms with E-state index in [0.29, 0.717) is 31.1 Å². The molecule has 0 saturated carbocycles. The fourth-order valence-electron chi connectivity index (χ4n) is 2.19. The summed E-state index contributed by atoms with van der Waals surface area (Å²) in [7, 11) is 0. The molecule has 1 aromatic carbocycles. The van der Waals surface area contributed by atoms with E-state index >= 15 is 0 Å². The Kier molecular flexibility index (Phi) is 4.42. The number of hydrogen-bond acceptors (Lipinski definition) is 3. The molecular formula is C14H20FNO2. The molecule has 3 nitrogen and oxygen atoms in total. The molecule has 4 heteroatoms. The molecule has 0 radical (unpaired) electrons. The summed E-state index contributed by atoms with van der Waals surface area (Å²) in [6.45, 7) is 3.31. The van der Waals surface area contributed by atoms with Gasteiger partial charge in [-0.3, -0.25) is 0 Å². The Balaban J connectivity index is 2.24. The zero-order valence-electron chi connectivity index (χ0n) is 10.7. The number of alkyl halides is 1. The summed E-state index contributed by atoms with van der Waals surface area (Å²) in [6, 6.07) is 3.69. The largest absolute Gasteiger partial charge is 0.486 e. The molecule has 1 heterocycles. The van der Waals surface area contributed by atoms with Crippen LogP contribution in [0, 0.1) is 0 Å². The molecule has 1 aliphatic rings. The number of rotatable bonds is 5. The van der Waals surface area contributed by atoms with Crippen molar-refractivity contribution in [3.63, 3.8) is 0 Å². The number of hydrogen-bond donors (Lipinski definition) is 1. The van der Waals surface area contributed by atoms with Crippen molar-refractivity contribution in [2.45, 2.75) is 32.4 Å². The molecule has 0 aliphatic carbocycles. The number of ether oxygens (including phenoxy) is 2. The standard InChI is InChI=1S/C14H20FNO2/c1-10(15)12-9-14-13(17-6-7-18-14)8-11(12)4-2-3-5-16/h8-10H,2-7,16H2,1H3. The summed E-state index contributed by atoms with van der Waals surface area (Å²) < 4.78 is 24.7. The third-order valence-electron chi connectivity index (χ3n) is 3.13. The molecule has 1 unspecified atom stereocenters. The quantitative estimate of drug-likeness (QED) is 0.821. The van der Waals surface area contributed by atoms with Gasteiger partial charge in [-0.2, -0.15) is 0 Å². The smallest absolute Gasteiger partial charge is 0.161 e. The highest BCUT2D eigenvalue weighted by molar-refractivity contribution is 5.49. The molecule has 100 valence electrons. The second-order valence-corrected chi connectivity index (χ2v) is 4.56. The maximum Gasteiger partial charge on any atom is 0.161 e. The van der Waals surface area contributed by atoms with Crippen molar-refractivity contribution < 1.29 is 13.9 Å². The molecule has 2 rings (SSSR count). The Morgan fingerprint density at radius 3 is 2.50 bits per heavy atom. The summed E-state index contributed by atoms with van der Waals surface area (Å²) in [5.74, 6) is 1.39. The van der Waals surface area contributed by atoms with Crippen LogP contribution in [-0.4, -0.2) is 19.8 Å². The van der Waals surface area contributed by atoms with Gasteiger partial charge in [0.25, 0.3) is 0 Å². The Labute approximate surface area is 107 Å². The van der Waals surface area contributed by atoms with Crippen LogP contribution < -0.4 is 15.2 Å². The van der Waals surface area contributed by atoms with E-state index in [1.54, 1.807) is 13.0 Å². The van der Waals surface area contributed by atoms with Crippen LogP contribution >= 0.6 is 0 Å². The number of aryl methyl sites for hydroxylation is 1. The van der Waals surface area contributed by atoms with Gasteiger partial charge < -0.3 is 15.2 Å². The van der Waals surface area contributed by atoms with Crippen LogP contribution in [0.2, 0.25) is 0 Å². The number of unbranched alkanes of at least 4 members (excludes halogenated alkanes) is 1. The minimum absolute atomic E-state index is 0.527. The molecule has 1 aliphatic heterocycles. The molecule has 1 aromatic rings. The van der Waals surface area contributed by atoms with Gasteiger partial charge in [-0.05, 0) is 56.0 Å². The van der Waals surface area contributed by atoms with Gasteiger partial charge in [0.15, 0.2) is 11.5 Å². The first-order valence-corrected chi connectivity index (χ1v) is 6.49. The predicted molar refractivity (Wildman–Crippen MR) is 68.9 cm³/mol. The highest BCUT2D eigenvalue weighted by atomic mass is 19.1.